The first-order valence-corrected chi connectivity index (χ1v) is 11.9. The van der Waals surface area contributed by atoms with E-state index in [1.165, 1.54) is 6.33 Å². The number of aliphatic hydroxyl groups is 1. The zero-order valence-electron chi connectivity index (χ0n) is 20.2. The number of aryl methyl sites for hydroxylation is 1. The molecule has 182 valence electrons. The molecule has 9 heteroatoms. The van der Waals surface area contributed by atoms with Gasteiger partial charge in [0.25, 0.3) is 0 Å². The third-order valence-electron chi connectivity index (χ3n) is 5.86. The van der Waals surface area contributed by atoms with Crippen LogP contribution in [0.5, 0.6) is 11.6 Å². The van der Waals surface area contributed by atoms with Gasteiger partial charge in [-0.1, -0.05) is 11.6 Å². The van der Waals surface area contributed by atoms with E-state index < -0.39 is 5.60 Å². The van der Waals surface area contributed by atoms with E-state index in [9.17, 15) is 5.11 Å². The van der Waals surface area contributed by atoms with Crippen molar-refractivity contribution in [1.82, 2.24) is 24.5 Å². The van der Waals surface area contributed by atoms with Crippen LogP contribution in [-0.2, 0) is 6.54 Å². The summed E-state index contributed by atoms with van der Waals surface area (Å²) in [6.45, 7) is 8.08. The Labute approximate surface area is 208 Å². The van der Waals surface area contributed by atoms with E-state index in [2.05, 4.69) is 21.9 Å². The molecule has 0 saturated heterocycles. The molecule has 0 aliphatic heterocycles. The Morgan fingerprint density at radius 3 is 2.63 bits per heavy atom. The molecule has 0 atom stereocenters. The normalized spacial score (nSPS) is 14.8. The highest BCUT2D eigenvalue weighted by molar-refractivity contribution is 6.33. The molecule has 3 heterocycles. The van der Waals surface area contributed by atoms with E-state index in [1.807, 2.05) is 35.8 Å². The van der Waals surface area contributed by atoms with Crippen molar-refractivity contribution in [2.24, 2.45) is 0 Å². The monoisotopic (exact) mass is 493 g/mol. The van der Waals surface area contributed by atoms with Gasteiger partial charge in [0, 0.05) is 11.8 Å². The average Bonchev–Trinajstić information content (AvgIpc) is 3.40. The number of rotatable bonds is 8. The van der Waals surface area contributed by atoms with Crippen molar-refractivity contribution in [2.75, 3.05) is 6.61 Å². The van der Waals surface area contributed by atoms with Gasteiger partial charge in [-0.2, -0.15) is 4.98 Å². The van der Waals surface area contributed by atoms with Gasteiger partial charge in [0.2, 0.25) is 5.88 Å². The fourth-order valence-electron chi connectivity index (χ4n) is 3.73. The van der Waals surface area contributed by atoms with Crippen molar-refractivity contribution in [3.05, 3.63) is 59.1 Å². The van der Waals surface area contributed by atoms with Gasteiger partial charge in [-0.3, -0.25) is 4.98 Å². The first-order valence-electron chi connectivity index (χ1n) is 11.6. The van der Waals surface area contributed by atoms with Crippen molar-refractivity contribution >= 4 is 22.8 Å². The van der Waals surface area contributed by atoms with Crippen LogP contribution in [0.1, 0.15) is 44.9 Å². The van der Waals surface area contributed by atoms with E-state index in [-0.39, 0.29) is 12.2 Å². The van der Waals surface area contributed by atoms with Crippen LogP contribution < -0.4 is 9.47 Å². The summed E-state index contributed by atoms with van der Waals surface area (Å²) in [6, 6.07) is 9.40. The maximum Gasteiger partial charge on any atom is 0.245 e. The second kappa shape index (κ2) is 8.77. The van der Waals surface area contributed by atoms with E-state index in [1.54, 1.807) is 26.1 Å². The first kappa shape index (κ1) is 23.5. The number of nitrogens with zero attached hydrogens (tertiary/aromatic N) is 5. The van der Waals surface area contributed by atoms with Gasteiger partial charge in [0.1, 0.15) is 30.1 Å². The van der Waals surface area contributed by atoms with Gasteiger partial charge in [-0.25, -0.2) is 9.97 Å². The molecule has 1 aromatic carbocycles. The SMILES string of the molecule is Cc1ccnc(Cn2c(-c3ccc(OCC(C)(C)O)cc3Cl)nc3c(OC4(C)CC4)ncnc32)c1. The molecule has 1 aliphatic carbocycles. The zero-order chi connectivity index (χ0) is 24.8. The molecule has 1 aliphatic rings. The summed E-state index contributed by atoms with van der Waals surface area (Å²) in [5.74, 6) is 1.66. The first-order chi connectivity index (χ1) is 16.6. The molecule has 35 heavy (non-hydrogen) atoms. The van der Waals surface area contributed by atoms with Crippen molar-refractivity contribution in [3.63, 3.8) is 0 Å². The van der Waals surface area contributed by atoms with Crippen molar-refractivity contribution in [1.29, 1.82) is 0 Å². The van der Waals surface area contributed by atoms with Gasteiger partial charge in [-0.05, 0) is 76.4 Å². The quantitative estimate of drug-likeness (QED) is 0.370. The molecule has 0 spiro atoms. The van der Waals surface area contributed by atoms with Gasteiger partial charge in [0.05, 0.1) is 22.9 Å². The summed E-state index contributed by atoms with van der Waals surface area (Å²) in [7, 11) is 0. The molecule has 3 aromatic heterocycles. The van der Waals surface area contributed by atoms with Crippen LogP contribution in [0.4, 0.5) is 0 Å². The summed E-state index contributed by atoms with van der Waals surface area (Å²) in [4.78, 5) is 18.4. The minimum Gasteiger partial charge on any atom is -0.491 e. The van der Waals surface area contributed by atoms with Gasteiger partial charge >= 0.3 is 0 Å². The lowest BCUT2D eigenvalue weighted by Gasteiger charge is -2.18. The predicted octanol–water partition coefficient (Wildman–Crippen LogP) is 4.98. The Morgan fingerprint density at radius 2 is 1.94 bits per heavy atom. The maximum absolute atomic E-state index is 9.97. The van der Waals surface area contributed by atoms with Crippen LogP contribution in [0.2, 0.25) is 5.02 Å². The Hall–Kier alpha value is -3.23. The minimum atomic E-state index is -0.951. The van der Waals surface area contributed by atoms with Gasteiger partial charge < -0.3 is 19.1 Å². The van der Waals surface area contributed by atoms with Gasteiger partial charge in [0.15, 0.2) is 11.2 Å². The second-order valence-corrected chi connectivity index (χ2v) is 10.4. The largest absolute Gasteiger partial charge is 0.491 e. The van der Waals surface area contributed by atoms with Crippen LogP contribution in [0.3, 0.4) is 0 Å². The molecule has 1 N–H and O–H groups in total. The molecule has 8 nitrogen and oxygen atoms in total. The zero-order valence-corrected chi connectivity index (χ0v) is 21.0. The van der Waals surface area contributed by atoms with E-state index in [0.29, 0.717) is 40.2 Å². The number of halogens is 1. The molecule has 4 aromatic rings. The van der Waals surface area contributed by atoms with Crippen molar-refractivity contribution in [3.8, 4) is 23.0 Å². The Bertz CT molecular complexity index is 1390. The third kappa shape index (κ3) is 5.23. The van der Waals surface area contributed by atoms with Crippen molar-refractivity contribution < 1.29 is 14.6 Å². The summed E-state index contributed by atoms with van der Waals surface area (Å²) in [5, 5.41) is 10.4. The lowest BCUT2D eigenvalue weighted by atomic mass is 10.1. The summed E-state index contributed by atoms with van der Waals surface area (Å²) in [6.07, 6.45) is 5.27. The summed E-state index contributed by atoms with van der Waals surface area (Å²) in [5.41, 5.74) is 2.79. The number of imidazole rings is 1. The highest BCUT2D eigenvalue weighted by Crippen LogP contribution is 2.41. The van der Waals surface area contributed by atoms with Crippen LogP contribution in [0, 0.1) is 6.92 Å². The molecule has 0 radical (unpaired) electrons. The number of fused-ring (bicyclic) bond motifs is 1. The molecule has 0 bridgehead atoms. The van der Waals surface area contributed by atoms with Crippen molar-refractivity contribution in [2.45, 2.75) is 58.3 Å². The highest BCUT2D eigenvalue weighted by atomic mass is 35.5. The molecule has 1 fully saturated rings. The third-order valence-corrected chi connectivity index (χ3v) is 6.17. The number of ether oxygens (including phenoxy) is 2. The molecular formula is C26H28ClN5O3. The predicted molar refractivity (Wildman–Crippen MR) is 134 cm³/mol. The number of pyridine rings is 1. The van der Waals surface area contributed by atoms with Crippen LogP contribution in [-0.4, -0.2) is 47.4 Å². The summed E-state index contributed by atoms with van der Waals surface area (Å²) < 4.78 is 13.9. The van der Waals surface area contributed by atoms with Crippen LogP contribution >= 0.6 is 11.6 Å². The smallest absolute Gasteiger partial charge is 0.245 e. The minimum absolute atomic E-state index is 0.148. The topological polar surface area (TPSA) is 95.2 Å². The van der Waals surface area contributed by atoms with Gasteiger partial charge in [-0.15, -0.1) is 0 Å². The second-order valence-electron chi connectivity index (χ2n) is 9.99. The number of benzene rings is 1. The summed E-state index contributed by atoms with van der Waals surface area (Å²) >= 11 is 6.72. The molecule has 1 saturated carbocycles. The standard InChI is InChI=1S/C26H28ClN5O3/c1-16-7-10-28-17(11-16)13-32-22(19-6-5-18(12-20(19)27)34-14-25(2,3)33)31-21-23(32)29-15-30-24(21)35-26(4)8-9-26/h5-7,10-12,15,33H,8-9,13-14H2,1-4H3. The fraction of sp³-hybridized carbons (Fsp3) is 0.385. The molecular weight excluding hydrogens is 466 g/mol. The van der Waals surface area contributed by atoms with E-state index in [4.69, 9.17) is 26.1 Å². The lowest BCUT2D eigenvalue weighted by molar-refractivity contribution is 0.0285. The number of hydrogen-bond donors (Lipinski definition) is 1. The molecule has 0 amide bonds. The van der Waals surface area contributed by atoms with Crippen LogP contribution in [0.25, 0.3) is 22.6 Å². The lowest BCUT2D eigenvalue weighted by Crippen LogP contribution is -2.27. The Kier molecular flexibility index (Phi) is 5.89. The Balaban J connectivity index is 1.60. The maximum atomic E-state index is 9.97. The fourth-order valence-corrected chi connectivity index (χ4v) is 3.99. The average molecular weight is 494 g/mol. The molecule has 0 unspecified atom stereocenters. The number of hydrogen-bond acceptors (Lipinski definition) is 7. The Morgan fingerprint density at radius 1 is 1.14 bits per heavy atom. The van der Waals surface area contributed by atoms with E-state index >= 15 is 0 Å². The number of aromatic nitrogens is 5. The molecule has 5 rings (SSSR count). The van der Waals surface area contributed by atoms with Crippen LogP contribution in [0.15, 0.2) is 42.9 Å². The highest BCUT2D eigenvalue weighted by Gasteiger charge is 2.41. The van der Waals surface area contributed by atoms with E-state index in [0.717, 1.165) is 29.7 Å².